The lowest BCUT2D eigenvalue weighted by atomic mass is 9.73. The van der Waals surface area contributed by atoms with Crippen molar-refractivity contribution < 1.29 is 4.79 Å². The molecular weight excluding hydrogens is 188 g/mol. The third kappa shape index (κ3) is 1.93. The van der Waals surface area contributed by atoms with Crippen molar-refractivity contribution in [3.05, 3.63) is 12.7 Å². The zero-order valence-electron chi connectivity index (χ0n) is 9.30. The summed E-state index contributed by atoms with van der Waals surface area (Å²) < 4.78 is 0. The summed E-state index contributed by atoms with van der Waals surface area (Å²) in [6, 6.07) is 0. The van der Waals surface area contributed by atoms with E-state index in [0.29, 0.717) is 12.5 Å². The third-order valence-corrected chi connectivity index (χ3v) is 3.65. The predicted molar refractivity (Wildman–Crippen MR) is 60.5 cm³/mol. The Labute approximate surface area is 91.5 Å². The second-order valence-electron chi connectivity index (χ2n) is 4.70. The van der Waals surface area contributed by atoms with E-state index >= 15 is 0 Å². The van der Waals surface area contributed by atoms with Crippen LogP contribution in [-0.4, -0.2) is 37.0 Å². The fourth-order valence-electron chi connectivity index (χ4n) is 2.85. The first-order valence-corrected chi connectivity index (χ1v) is 5.89. The zero-order valence-corrected chi connectivity index (χ0v) is 9.30. The summed E-state index contributed by atoms with van der Waals surface area (Å²) in [7, 11) is 0. The molecule has 1 atom stereocenters. The quantitative estimate of drug-likeness (QED) is 0.691. The molecule has 2 saturated heterocycles. The Morgan fingerprint density at radius 3 is 2.93 bits per heavy atom. The minimum absolute atomic E-state index is 0.0838. The van der Waals surface area contributed by atoms with Gasteiger partial charge in [-0.3, -0.25) is 4.79 Å². The van der Waals surface area contributed by atoms with Crippen molar-refractivity contribution >= 4 is 5.91 Å². The number of likely N-dealkylation sites (tertiary alicyclic amines) is 1. The topological polar surface area (TPSA) is 32.3 Å². The van der Waals surface area contributed by atoms with Gasteiger partial charge in [-0.15, -0.1) is 6.58 Å². The zero-order chi connectivity index (χ0) is 10.7. The Morgan fingerprint density at radius 2 is 2.27 bits per heavy atom. The largest absolute Gasteiger partial charge is 0.338 e. The van der Waals surface area contributed by atoms with Gasteiger partial charge in [0.15, 0.2) is 0 Å². The highest BCUT2D eigenvalue weighted by Gasteiger charge is 2.43. The number of rotatable bonds is 2. The van der Waals surface area contributed by atoms with Crippen LogP contribution in [0.5, 0.6) is 0 Å². The molecule has 0 saturated carbocycles. The molecule has 0 bridgehead atoms. The predicted octanol–water partition coefficient (Wildman–Crippen LogP) is 1.16. The molecule has 15 heavy (non-hydrogen) atoms. The molecule has 3 nitrogen and oxygen atoms in total. The number of carbonyl (C=O) groups is 1. The summed E-state index contributed by atoms with van der Waals surface area (Å²) in [6.45, 7) is 7.27. The van der Waals surface area contributed by atoms with Crippen molar-refractivity contribution in [1.82, 2.24) is 10.2 Å². The summed E-state index contributed by atoms with van der Waals surface area (Å²) in [5.41, 5.74) is -0.0838. The monoisotopic (exact) mass is 208 g/mol. The average Bonchev–Trinajstić information content (AvgIpc) is 2.27. The minimum Gasteiger partial charge on any atom is -0.338 e. The molecule has 0 aromatic carbocycles. The van der Waals surface area contributed by atoms with E-state index in [9.17, 15) is 4.79 Å². The number of amides is 1. The number of piperidine rings is 2. The molecule has 0 radical (unpaired) electrons. The first-order valence-electron chi connectivity index (χ1n) is 5.89. The summed E-state index contributed by atoms with van der Waals surface area (Å²) in [5.74, 6) is 0.348. The van der Waals surface area contributed by atoms with Gasteiger partial charge in [-0.05, 0) is 32.2 Å². The van der Waals surface area contributed by atoms with Crippen LogP contribution >= 0.6 is 0 Å². The number of hydrogen-bond donors (Lipinski definition) is 1. The molecule has 2 rings (SSSR count). The lowest BCUT2D eigenvalue weighted by Gasteiger charge is -2.43. The number of hydrogen-bond acceptors (Lipinski definition) is 2. The highest BCUT2D eigenvalue weighted by Crippen LogP contribution is 2.36. The second kappa shape index (κ2) is 4.35. The van der Waals surface area contributed by atoms with Gasteiger partial charge < -0.3 is 10.2 Å². The van der Waals surface area contributed by atoms with E-state index in [-0.39, 0.29) is 5.41 Å². The first-order chi connectivity index (χ1) is 7.28. The van der Waals surface area contributed by atoms with E-state index in [4.69, 9.17) is 0 Å². The Bertz CT molecular complexity index is 251. The Hall–Kier alpha value is -0.830. The van der Waals surface area contributed by atoms with Crippen molar-refractivity contribution in [3.63, 3.8) is 0 Å². The van der Waals surface area contributed by atoms with Gasteiger partial charge in [0.25, 0.3) is 0 Å². The fraction of sp³-hybridized carbons (Fsp3) is 0.750. The fourth-order valence-corrected chi connectivity index (χ4v) is 2.85. The molecule has 1 N–H and O–H groups in total. The number of nitrogens with zero attached hydrogens (tertiary/aromatic N) is 1. The van der Waals surface area contributed by atoms with Crippen LogP contribution in [-0.2, 0) is 4.79 Å². The average molecular weight is 208 g/mol. The smallest absolute Gasteiger partial charge is 0.230 e. The first kappa shape index (κ1) is 10.7. The van der Waals surface area contributed by atoms with Gasteiger partial charge in [0.2, 0.25) is 5.91 Å². The van der Waals surface area contributed by atoms with E-state index < -0.39 is 0 Å². The summed E-state index contributed by atoms with van der Waals surface area (Å²) in [6.07, 6.45) is 6.22. The van der Waals surface area contributed by atoms with Gasteiger partial charge in [-0.1, -0.05) is 6.08 Å². The van der Waals surface area contributed by atoms with Gasteiger partial charge in [0, 0.05) is 19.6 Å². The van der Waals surface area contributed by atoms with Crippen LogP contribution in [0.25, 0.3) is 0 Å². The Kier molecular flexibility index (Phi) is 3.10. The molecule has 0 aliphatic carbocycles. The van der Waals surface area contributed by atoms with E-state index in [1.807, 2.05) is 11.0 Å². The maximum atomic E-state index is 12.3. The lowest BCUT2D eigenvalue weighted by molar-refractivity contribution is -0.147. The normalized spacial score (nSPS) is 32.0. The highest BCUT2D eigenvalue weighted by molar-refractivity contribution is 5.84. The molecule has 0 aromatic heterocycles. The molecule has 2 fully saturated rings. The van der Waals surface area contributed by atoms with Crippen molar-refractivity contribution in [2.24, 2.45) is 5.41 Å². The number of nitrogens with one attached hydrogen (secondary N) is 1. The van der Waals surface area contributed by atoms with Gasteiger partial charge in [-0.25, -0.2) is 0 Å². The van der Waals surface area contributed by atoms with E-state index in [2.05, 4.69) is 11.9 Å². The van der Waals surface area contributed by atoms with Crippen molar-refractivity contribution in [1.29, 1.82) is 0 Å². The van der Waals surface area contributed by atoms with Crippen LogP contribution in [0.2, 0.25) is 0 Å². The maximum Gasteiger partial charge on any atom is 0.230 e. The standard InChI is InChI=1S/C12H20N2O/c1-2-8-14-9-4-6-12(11(14)15)5-3-7-13-10-12/h2,13H,1,3-10H2. The molecule has 1 unspecified atom stereocenters. The summed E-state index contributed by atoms with van der Waals surface area (Å²) in [4.78, 5) is 14.3. The highest BCUT2D eigenvalue weighted by atomic mass is 16.2. The summed E-state index contributed by atoms with van der Waals surface area (Å²) in [5, 5.41) is 3.37. The summed E-state index contributed by atoms with van der Waals surface area (Å²) >= 11 is 0. The van der Waals surface area contributed by atoms with Gasteiger partial charge in [0.05, 0.1) is 5.41 Å². The molecule has 3 heteroatoms. The van der Waals surface area contributed by atoms with Gasteiger partial charge in [0.1, 0.15) is 0 Å². The van der Waals surface area contributed by atoms with Crippen LogP contribution in [0, 0.1) is 5.41 Å². The van der Waals surface area contributed by atoms with Crippen LogP contribution in [0.1, 0.15) is 25.7 Å². The van der Waals surface area contributed by atoms with Crippen molar-refractivity contribution in [2.45, 2.75) is 25.7 Å². The van der Waals surface area contributed by atoms with Gasteiger partial charge in [-0.2, -0.15) is 0 Å². The van der Waals surface area contributed by atoms with Crippen LogP contribution < -0.4 is 5.32 Å². The van der Waals surface area contributed by atoms with Crippen molar-refractivity contribution in [2.75, 3.05) is 26.2 Å². The second-order valence-corrected chi connectivity index (χ2v) is 4.70. The molecular formula is C12H20N2O. The Balaban J connectivity index is 2.10. The number of carbonyl (C=O) groups excluding carboxylic acids is 1. The van der Waals surface area contributed by atoms with E-state index in [1.54, 1.807) is 0 Å². The molecule has 2 heterocycles. The molecule has 1 amide bonds. The maximum absolute atomic E-state index is 12.3. The molecule has 1 spiro atoms. The van der Waals surface area contributed by atoms with Crippen LogP contribution in [0.4, 0.5) is 0 Å². The SMILES string of the molecule is C=CCN1CCCC2(CCCNC2)C1=O. The lowest BCUT2D eigenvalue weighted by Crippen LogP contribution is -2.55. The Morgan fingerprint density at radius 1 is 1.47 bits per heavy atom. The molecule has 2 aliphatic heterocycles. The van der Waals surface area contributed by atoms with Gasteiger partial charge >= 0.3 is 0 Å². The molecule has 2 aliphatic rings. The van der Waals surface area contributed by atoms with Crippen molar-refractivity contribution in [3.8, 4) is 0 Å². The third-order valence-electron chi connectivity index (χ3n) is 3.65. The van der Waals surface area contributed by atoms with Crippen LogP contribution in [0.15, 0.2) is 12.7 Å². The van der Waals surface area contributed by atoms with Crippen LogP contribution in [0.3, 0.4) is 0 Å². The molecule has 84 valence electrons. The molecule has 0 aromatic rings. The van der Waals surface area contributed by atoms with E-state index in [1.165, 1.54) is 0 Å². The van der Waals surface area contributed by atoms with E-state index in [0.717, 1.165) is 45.3 Å². The minimum atomic E-state index is -0.0838.